The van der Waals surface area contributed by atoms with Crippen molar-refractivity contribution in [1.82, 2.24) is 10.0 Å². The predicted octanol–water partition coefficient (Wildman–Crippen LogP) is 2.48. The molecule has 1 heterocycles. The molecule has 1 unspecified atom stereocenters. The minimum atomic E-state index is -0.337. The van der Waals surface area contributed by atoms with E-state index in [1.54, 1.807) is 18.2 Å². The number of amides is 1. The first kappa shape index (κ1) is 20.0. The van der Waals surface area contributed by atoms with Gasteiger partial charge in [0.2, 0.25) is 0 Å². The maximum atomic E-state index is 12.8. The van der Waals surface area contributed by atoms with E-state index in [9.17, 15) is 9.59 Å². The summed E-state index contributed by atoms with van der Waals surface area (Å²) in [4.78, 5) is 31.1. The number of rotatable bonds is 9. The largest absolute Gasteiger partial charge is 0.410 e. The van der Waals surface area contributed by atoms with Crippen molar-refractivity contribution in [2.24, 2.45) is 5.73 Å². The summed E-state index contributed by atoms with van der Waals surface area (Å²) in [5.41, 5.74) is 5.68. The Morgan fingerprint density at radius 1 is 1.31 bits per heavy atom. The van der Waals surface area contributed by atoms with Crippen molar-refractivity contribution in [3.63, 3.8) is 0 Å². The fourth-order valence-electron chi connectivity index (χ4n) is 2.56. The molecule has 1 aromatic heterocycles. The van der Waals surface area contributed by atoms with Crippen LogP contribution in [0.4, 0.5) is 0 Å². The molecule has 0 saturated carbocycles. The van der Waals surface area contributed by atoms with Crippen LogP contribution in [0.25, 0.3) is 10.8 Å². The average molecular weight is 359 g/mol. The van der Waals surface area contributed by atoms with Crippen molar-refractivity contribution < 1.29 is 9.63 Å². The van der Waals surface area contributed by atoms with Crippen molar-refractivity contribution >= 4 is 16.7 Å². The van der Waals surface area contributed by atoms with E-state index in [1.165, 1.54) is 0 Å². The topological polar surface area (TPSA) is 86.3 Å². The van der Waals surface area contributed by atoms with Crippen LogP contribution >= 0.6 is 0 Å². The molecule has 142 valence electrons. The molecule has 26 heavy (non-hydrogen) atoms. The number of hydrogen-bond acceptors (Lipinski definition) is 4. The number of nitrogens with one attached hydrogen (secondary N) is 1. The van der Waals surface area contributed by atoms with Gasteiger partial charge >= 0.3 is 0 Å². The molecule has 0 aliphatic heterocycles. The van der Waals surface area contributed by atoms with Crippen molar-refractivity contribution in [2.45, 2.75) is 52.0 Å². The SMILES string of the molecule is CCCCOn1c(C(=O)NCCC(C)(N)CC)cc2ccccc2c1=O. The van der Waals surface area contributed by atoms with E-state index in [0.29, 0.717) is 25.0 Å². The minimum absolute atomic E-state index is 0.208. The molecule has 0 spiro atoms. The molecule has 6 nitrogen and oxygen atoms in total. The van der Waals surface area contributed by atoms with Gasteiger partial charge in [0.05, 0.1) is 5.39 Å². The predicted molar refractivity (Wildman–Crippen MR) is 104 cm³/mol. The number of carbonyl (C=O) groups is 1. The first-order valence-electron chi connectivity index (χ1n) is 9.24. The molecule has 0 bridgehead atoms. The number of nitrogens with zero attached hydrogens (tertiary/aromatic N) is 1. The highest BCUT2D eigenvalue weighted by molar-refractivity contribution is 5.96. The van der Waals surface area contributed by atoms with Crippen molar-refractivity contribution in [2.75, 3.05) is 13.2 Å². The Morgan fingerprint density at radius 2 is 2.04 bits per heavy atom. The molecule has 0 saturated heterocycles. The van der Waals surface area contributed by atoms with Crippen LogP contribution in [0.2, 0.25) is 0 Å². The van der Waals surface area contributed by atoms with Gasteiger partial charge in [-0.3, -0.25) is 9.59 Å². The van der Waals surface area contributed by atoms with Crippen LogP contribution in [0.3, 0.4) is 0 Å². The van der Waals surface area contributed by atoms with Crippen LogP contribution in [0, 0.1) is 0 Å². The highest BCUT2D eigenvalue weighted by atomic mass is 16.7. The zero-order chi connectivity index (χ0) is 19.2. The van der Waals surface area contributed by atoms with Gasteiger partial charge in [0.1, 0.15) is 12.3 Å². The second kappa shape index (κ2) is 8.85. The lowest BCUT2D eigenvalue weighted by molar-refractivity contribution is 0.0770. The van der Waals surface area contributed by atoms with Crippen LogP contribution in [0.5, 0.6) is 0 Å². The number of aromatic nitrogens is 1. The van der Waals surface area contributed by atoms with E-state index < -0.39 is 0 Å². The second-order valence-corrected chi connectivity index (χ2v) is 6.92. The van der Waals surface area contributed by atoms with E-state index in [0.717, 1.165) is 29.4 Å². The maximum Gasteiger partial charge on any atom is 0.291 e. The summed E-state index contributed by atoms with van der Waals surface area (Å²) in [5, 5.41) is 4.10. The third-order valence-electron chi connectivity index (χ3n) is 4.63. The Hall–Kier alpha value is -2.34. The Morgan fingerprint density at radius 3 is 2.73 bits per heavy atom. The monoisotopic (exact) mass is 359 g/mol. The zero-order valence-electron chi connectivity index (χ0n) is 15.9. The molecule has 1 amide bonds. The molecule has 6 heteroatoms. The first-order valence-corrected chi connectivity index (χ1v) is 9.24. The molecule has 0 fully saturated rings. The Kier molecular flexibility index (Phi) is 6.80. The number of carbonyl (C=O) groups excluding carboxylic acids is 1. The third-order valence-corrected chi connectivity index (χ3v) is 4.63. The number of benzene rings is 1. The van der Waals surface area contributed by atoms with Gasteiger partial charge in [0, 0.05) is 12.1 Å². The molecule has 3 N–H and O–H groups in total. The summed E-state index contributed by atoms with van der Waals surface area (Å²) < 4.78 is 1.12. The fraction of sp³-hybridized carbons (Fsp3) is 0.500. The van der Waals surface area contributed by atoms with Crippen molar-refractivity contribution in [3.8, 4) is 0 Å². The normalized spacial score (nSPS) is 13.4. The van der Waals surface area contributed by atoms with Gasteiger partial charge in [-0.25, -0.2) is 0 Å². The lowest BCUT2D eigenvalue weighted by Crippen LogP contribution is -2.41. The molecule has 1 atom stereocenters. The molecular formula is C20H29N3O3. The quantitative estimate of drug-likeness (QED) is 0.674. The Balaban J connectivity index is 2.29. The number of unbranched alkanes of at least 4 members (excludes halogenated alkanes) is 1. The van der Waals surface area contributed by atoms with Crippen molar-refractivity contribution in [3.05, 3.63) is 46.4 Å². The second-order valence-electron chi connectivity index (χ2n) is 6.92. The van der Waals surface area contributed by atoms with E-state index in [-0.39, 0.29) is 22.7 Å². The molecule has 2 rings (SSSR count). The molecule has 2 aromatic rings. The summed E-state index contributed by atoms with van der Waals surface area (Å²) in [7, 11) is 0. The van der Waals surface area contributed by atoms with Crippen LogP contribution in [0.15, 0.2) is 35.1 Å². The summed E-state index contributed by atoms with van der Waals surface area (Å²) >= 11 is 0. The summed E-state index contributed by atoms with van der Waals surface area (Å²) in [6.07, 6.45) is 3.23. The highest BCUT2D eigenvalue weighted by Crippen LogP contribution is 2.12. The van der Waals surface area contributed by atoms with Gasteiger partial charge in [-0.1, -0.05) is 38.5 Å². The number of hydrogen-bond donors (Lipinski definition) is 2. The minimum Gasteiger partial charge on any atom is -0.410 e. The number of nitrogens with two attached hydrogens (primary N) is 1. The van der Waals surface area contributed by atoms with Gasteiger partial charge in [-0.2, -0.15) is 0 Å². The van der Waals surface area contributed by atoms with E-state index in [2.05, 4.69) is 5.32 Å². The van der Waals surface area contributed by atoms with Crippen molar-refractivity contribution in [1.29, 1.82) is 0 Å². The average Bonchev–Trinajstić information content (AvgIpc) is 2.63. The molecule has 0 aliphatic carbocycles. The van der Waals surface area contributed by atoms with E-state index in [4.69, 9.17) is 10.6 Å². The van der Waals surface area contributed by atoms with Crippen LogP contribution in [0.1, 0.15) is 56.9 Å². The van der Waals surface area contributed by atoms with Gasteiger partial charge in [-0.15, -0.1) is 4.73 Å². The number of fused-ring (bicyclic) bond motifs is 1. The lowest BCUT2D eigenvalue weighted by atomic mass is 9.96. The Labute approximate surface area is 154 Å². The molecular weight excluding hydrogens is 330 g/mol. The van der Waals surface area contributed by atoms with Gasteiger partial charge in [0.15, 0.2) is 0 Å². The summed E-state index contributed by atoms with van der Waals surface area (Å²) in [6.45, 7) is 6.84. The highest BCUT2D eigenvalue weighted by Gasteiger charge is 2.19. The van der Waals surface area contributed by atoms with E-state index >= 15 is 0 Å². The summed E-state index contributed by atoms with van der Waals surface area (Å²) in [5.74, 6) is -0.337. The first-order chi connectivity index (χ1) is 12.4. The maximum absolute atomic E-state index is 12.8. The smallest absolute Gasteiger partial charge is 0.291 e. The standard InChI is InChI=1S/C20H29N3O3/c1-4-6-13-26-23-17(18(24)22-12-11-20(3,21)5-2)14-15-9-7-8-10-16(15)19(23)25/h7-10,14H,4-6,11-13,21H2,1-3H3,(H,22,24). The zero-order valence-corrected chi connectivity index (χ0v) is 15.9. The fourth-order valence-corrected chi connectivity index (χ4v) is 2.56. The molecule has 1 aromatic carbocycles. The summed E-state index contributed by atoms with van der Waals surface area (Å²) in [6, 6.07) is 8.89. The van der Waals surface area contributed by atoms with Gasteiger partial charge in [0.25, 0.3) is 11.5 Å². The van der Waals surface area contributed by atoms with Crippen LogP contribution in [-0.2, 0) is 0 Å². The van der Waals surface area contributed by atoms with E-state index in [1.807, 2.05) is 32.9 Å². The van der Waals surface area contributed by atoms with Crippen LogP contribution < -0.4 is 21.4 Å². The molecule has 0 radical (unpaired) electrons. The van der Waals surface area contributed by atoms with Crippen LogP contribution in [-0.4, -0.2) is 29.3 Å². The molecule has 0 aliphatic rings. The van der Waals surface area contributed by atoms with Gasteiger partial charge in [-0.05, 0) is 43.7 Å². The van der Waals surface area contributed by atoms with Gasteiger partial charge < -0.3 is 15.9 Å². The Bertz CT molecular complexity index is 812. The number of pyridine rings is 1. The third kappa shape index (κ3) is 4.85. The lowest BCUT2D eigenvalue weighted by Gasteiger charge is -2.22.